The third-order valence-electron chi connectivity index (χ3n) is 8.42. The third kappa shape index (κ3) is 21.6. The molecule has 10 heteroatoms. The number of ketones is 2. The Balaban J connectivity index is 4.56. The van der Waals surface area contributed by atoms with Crippen molar-refractivity contribution in [3.63, 3.8) is 0 Å². The maximum atomic E-state index is 12.6. The fraction of sp³-hybridized carbons (Fsp3) is 0.829. The van der Waals surface area contributed by atoms with Crippen LogP contribution in [0.15, 0.2) is 0 Å². The van der Waals surface area contributed by atoms with Crippen molar-refractivity contribution in [1.82, 2.24) is 5.32 Å². The minimum absolute atomic E-state index is 0.0564. The number of carbonyl (C=O) groups excluding carboxylic acids is 3. The lowest BCUT2D eigenvalue weighted by molar-refractivity contribution is -0.153. The fourth-order valence-electron chi connectivity index (χ4n) is 5.57. The summed E-state index contributed by atoms with van der Waals surface area (Å²) < 4.78 is 0. The van der Waals surface area contributed by atoms with Crippen molar-refractivity contribution in [2.24, 2.45) is 11.8 Å². The Kier molecular flexibility index (Phi) is 25.8. The molecule has 0 bridgehead atoms. The molecule has 0 aromatic heterocycles. The summed E-state index contributed by atoms with van der Waals surface area (Å²) in [6, 6.07) is -1.43. The van der Waals surface area contributed by atoms with E-state index in [2.05, 4.69) is 19.2 Å². The van der Waals surface area contributed by atoms with Crippen molar-refractivity contribution >= 4 is 35.4 Å². The van der Waals surface area contributed by atoms with E-state index < -0.39 is 47.5 Å². The Labute approximate surface area is 270 Å². The summed E-state index contributed by atoms with van der Waals surface area (Å²) in [4.78, 5) is 72.9. The first kappa shape index (κ1) is 42.2. The van der Waals surface area contributed by atoms with E-state index in [-0.39, 0.29) is 44.3 Å². The normalized spacial score (nSPS) is 13.1. The van der Waals surface area contributed by atoms with Gasteiger partial charge in [0, 0.05) is 12.8 Å². The Bertz CT molecular complexity index is 873. The van der Waals surface area contributed by atoms with Crippen LogP contribution in [0.25, 0.3) is 0 Å². The topological polar surface area (TPSA) is 175 Å². The minimum Gasteiger partial charge on any atom is -0.481 e. The van der Waals surface area contributed by atoms with Crippen LogP contribution in [0.2, 0.25) is 0 Å². The largest absolute Gasteiger partial charge is 0.481 e. The summed E-state index contributed by atoms with van der Waals surface area (Å²) >= 11 is 0. The molecule has 0 aromatic carbocycles. The second-order valence-corrected chi connectivity index (χ2v) is 12.4. The van der Waals surface area contributed by atoms with Crippen molar-refractivity contribution in [1.29, 1.82) is 0 Å². The molecule has 0 heterocycles. The summed E-state index contributed by atoms with van der Waals surface area (Å²) in [5.74, 6) is -9.57. The van der Waals surface area contributed by atoms with E-state index in [9.17, 15) is 44.1 Å². The molecule has 1 amide bonds. The van der Waals surface area contributed by atoms with Crippen LogP contribution in [0, 0.1) is 11.8 Å². The van der Waals surface area contributed by atoms with Gasteiger partial charge in [-0.3, -0.25) is 24.0 Å². The average Bonchev–Trinajstić information content (AvgIpc) is 2.98. The molecule has 0 fully saturated rings. The van der Waals surface area contributed by atoms with Gasteiger partial charge < -0.3 is 20.6 Å². The first-order chi connectivity index (χ1) is 21.6. The zero-order valence-electron chi connectivity index (χ0n) is 28.0. The van der Waals surface area contributed by atoms with Crippen LogP contribution in [-0.4, -0.2) is 56.7 Å². The highest BCUT2D eigenvalue weighted by Crippen LogP contribution is 2.18. The number of carboxylic acids is 3. The molecule has 0 spiro atoms. The summed E-state index contributed by atoms with van der Waals surface area (Å²) in [5, 5.41) is 30.8. The lowest BCUT2D eigenvalue weighted by Crippen LogP contribution is -2.47. The van der Waals surface area contributed by atoms with E-state index in [1.165, 1.54) is 57.8 Å². The molecular weight excluding hydrogens is 578 g/mol. The zero-order chi connectivity index (χ0) is 33.9. The first-order valence-corrected chi connectivity index (χ1v) is 17.6. The van der Waals surface area contributed by atoms with Crippen LogP contribution < -0.4 is 5.32 Å². The van der Waals surface area contributed by atoms with Crippen LogP contribution in [0.1, 0.15) is 168 Å². The number of nitrogens with one attached hydrogen (secondary N) is 1. The molecule has 3 atom stereocenters. The van der Waals surface area contributed by atoms with Gasteiger partial charge in [-0.05, 0) is 25.7 Å². The van der Waals surface area contributed by atoms with Crippen molar-refractivity contribution in [3.05, 3.63) is 0 Å². The number of carbonyl (C=O) groups is 6. The van der Waals surface area contributed by atoms with E-state index in [0.717, 1.165) is 44.9 Å². The number of Topliss-reactive ketones (excluding diaryl/α,β-unsaturated/α-hetero) is 2. The summed E-state index contributed by atoms with van der Waals surface area (Å²) in [6.07, 6.45) is 19.4. The number of carboxylic acid groups (broad SMARTS) is 3. The predicted molar refractivity (Wildman–Crippen MR) is 174 cm³/mol. The van der Waals surface area contributed by atoms with Crippen LogP contribution in [0.3, 0.4) is 0 Å². The fourth-order valence-corrected chi connectivity index (χ4v) is 5.57. The molecule has 0 aliphatic rings. The molecule has 0 saturated heterocycles. The highest BCUT2D eigenvalue weighted by Gasteiger charge is 2.35. The number of unbranched alkanes of at least 4 members (excludes halogenated alkanes) is 17. The molecule has 0 rings (SSSR count). The number of amides is 1. The Morgan fingerprint density at radius 2 is 0.867 bits per heavy atom. The van der Waals surface area contributed by atoms with Crippen molar-refractivity contribution < 1.29 is 44.1 Å². The molecule has 260 valence electrons. The molecule has 0 saturated carbocycles. The maximum Gasteiger partial charge on any atom is 0.326 e. The van der Waals surface area contributed by atoms with Gasteiger partial charge in [0.25, 0.3) is 0 Å². The molecule has 0 radical (unpaired) electrons. The molecule has 45 heavy (non-hydrogen) atoms. The molecule has 0 aliphatic carbocycles. The van der Waals surface area contributed by atoms with Gasteiger partial charge in [0.2, 0.25) is 5.91 Å². The van der Waals surface area contributed by atoms with E-state index in [1.807, 2.05) is 0 Å². The number of rotatable bonds is 32. The van der Waals surface area contributed by atoms with Gasteiger partial charge in [-0.15, -0.1) is 0 Å². The molecule has 4 N–H and O–H groups in total. The zero-order valence-corrected chi connectivity index (χ0v) is 28.0. The maximum absolute atomic E-state index is 12.6. The number of hydrogen-bond acceptors (Lipinski definition) is 6. The second kappa shape index (κ2) is 27.5. The van der Waals surface area contributed by atoms with Gasteiger partial charge in [-0.1, -0.05) is 129 Å². The quantitative estimate of drug-likeness (QED) is 0.0429. The summed E-state index contributed by atoms with van der Waals surface area (Å²) in [6.45, 7) is 4.34. The third-order valence-corrected chi connectivity index (χ3v) is 8.42. The Hall–Kier alpha value is -2.78. The predicted octanol–water partition coefficient (Wildman–Crippen LogP) is 7.50. The monoisotopic (exact) mass is 639 g/mol. The minimum atomic E-state index is -1.98. The Morgan fingerprint density at radius 3 is 1.27 bits per heavy atom. The van der Waals surface area contributed by atoms with Gasteiger partial charge in [0.05, 0.1) is 0 Å². The smallest absolute Gasteiger partial charge is 0.326 e. The molecular formula is C35H61NO9. The van der Waals surface area contributed by atoms with Gasteiger partial charge in [0.15, 0.2) is 11.7 Å². The lowest BCUT2D eigenvalue weighted by Gasteiger charge is -2.18. The highest BCUT2D eigenvalue weighted by molar-refractivity contribution is 6.16. The van der Waals surface area contributed by atoms with Gasteiger partial charge in [-0.2, -0.15) is 0 Å². The van der Waals surface area contributed by atoms with Crippen molar-refractivity contribution in [2.75, 3.05) is 0 Å². The average molecular weight is 640 g/mol. The van der Waals surface area contributed by atoms with Crippen LogP contribution in [0.4, 0.5) is 0 Å². The van der Waals surface area contributed by atoms with Crippen molar-refractivity contribution in [3.8, 4) is 0 Å². The summed E-state index contributed by atoms with van der Waals surface area (Å²) in [5.41, 5.74) is 0. The van der Waals surface area contributed by atoms with Crippen LogP contribution in [-0.2, 0) is 28.8 Å². The van der Waals surface area contributed by atoms with Crippen LogP contribution in [0.5, 0.6) is 0 Å². The van der Waals surface area contributed by atoms with Crippen LogP contribution >= 0.6 is 0 Å². The first-order valence-electron chi connectivity index (χ1n) is 17.6. The van der Waals surface area contributed by atoms with E-state index >= 15 is 0 Å². The SMILES string of the molecule is CCCCCCCCCCCC(=O)C(CCCCC(NC(=O)C(C(=O)O)C(=O)CCCCCCCCCCC)C(=O)O)C(=O)O. The molecule has 3 unspecified atom stereocenters. The van der Waals surface area contributed by atoms with Gasteiger partial charge >= 0.3 is 17.9 Å². The molecule has 10 nitrogen and oxygen atoms in total. The van der Waals surface area contributed by atoms with E-state index in [4.69, 9.17) is 0 Å². The van der Waals surface area contributed by atoms with E-state index in [0.29, 0.717) is 12.8 Å². The van der Waals surface area contributed by atoms with E-state index in [1.54, 1.807) is 0 Å². The summed E-state index contributed by atoms with van der Waals surface area (Å²) in [7, 11) is 0. The van der Waals surface area contributed by atoms with Gasteiger partial charge in [-0.25, -0.2) is 4.79 Å². The second-order valence-electron chi connectivity index (χ2n) is 12.4. The molecule has 0 aromatic rings. The van der Waals surface area contributed by atoms with Gasteiger partial charge in [0.1, 0.15) is 17.7 Å². The Morgan fingerprint density at radius 1 is 0.467 bits per heavy atom. The number of aliphatic carboxylic acids is 3. The number of hydrogen-bond donors (Lipinski definition) is 4. The standard InChI is InChI=1S/C35H61NO9/c1-3-5-7-9-11-13-15-17-19-25-29(37)27(33(40)41)23-21-22-24-28(34(42)43)36-32(39)31(35(44)45)30(38)26-20-18-16-14-12-10-8-6-4-2/h27-28,31H,3-26H2,1-2H3,(H,36,39)(H,40,41)(H,42,43)(H,44,45). The van der Waals surface area contributed by atoms with Crippen molar-refractivity contribution in [2.45, 2.75) is 174 Å². The molecule has 0 aliphatic heterocycles. The lowest BCUT2D eigenvalue weighted by atomic mass is 9.92. The highest BCUT2D eigenvalue weighted by atomic mass is 16.4.